The van der Waals surface area contributed by atoms with Gasteiger partial charge in [-0.1, -0.05) is 13.8 Å². The molecule has 1 aliphatic rings. The number of rotatable bonds is 5. The average molecular weight is 278 g/mol. The van der Waals surface area contributed by atoms with Crippen molar-refractivity contribution in [1.82, 2.24) is 10.2 Å². The number of carbonyl (C=O) groups excluding carboxylic acids is 2. The van der Waals surface area contributed by atoms with Crippen LogP contribution in [0.2, 0.25) is 0 Å². The van der Waals surface area contributed by atoms with Gasteiger partial charge in [-0.2, -0.15) is 0 Å². The Bertz CT molecular complexity index is 467. The molecule has 0 radical (unpaired) electrons. The Balaban J connectivity index is 2.03. The highest BCUT2D eigenvalue weighted by Gasteiger charge is 2.37. The first-order valence-corrected chi connectivity index (χ1v) is 7.12. The standard InChI is InChI=1S/C15H22N2O3/c1-10(2)9-13-15(19)17(11(3)14(18)16-13)7-6-12-5-4-8-20-12/h4-5,8,10-11,13H,6-7,9H2,1-3H3,(H,16,18). The lowest BCUT2D eigenvalue weighted by molar-refractivity contribution is -0.149. The van der Waals surface area contributed by atoms with Crippen molar-refractivity contribution < 1.29 is 14.0 Å². The van der Waals surface area contributed by atoms with Crippen LogP contribution in [0.5, 0.6) is 0 Å². The fraction of sp³-hybridized carbons (Fsp3) is 0.600. The van der Waals surface area contributed by atoms with Gasteiger partial charge in [-0.25, -0.2) is 0 Å². The first-order chi connectivity index (χ1) is 9.49. The minimum atomic E-state index is -0.416. The minimum Gasteiger partial charge on any atom is -0.469 e. The molecule has 0 aromatic carbocycles. The van der Waals surface area contributed by atoms with Gasteiger partial charge in [0.05, 0.1) is 6.26 Å². The van der Waals surface area contributed by atoms with Crippen molar-refractivity contribution in [1.29, 1.82) is 0 Å². The average Bonchev–Trinajstić information content (AvgIpc) is 2.88. The second kappa shape index (κ2) is 6.11. The Morgan fingerprint density at radius 3 is 2.75 bits per heavy atom. The SMILES string of the molecule is CC(C)CC1NC(=O)C(C)N(CCc2ccco2)C1=O. The van der Waals surface area contributed by atoms with Gasteiger partial charge in [0.2, 0.25) is 11.8 Å². The van der Waals surface area contributed by atoms with E-state index < -0.39 is 12.1 Å². The van der Waals surface area contributed by atoms with Crippen LogP contribution in [0.25, 0.3) is 0 Å². The Kier molecular flexibility index (Phi) is 4.47. The Morgan fingerprint density at radius 2 is 2.15 bits per heavy atom. The third-order valence-electron chi connectivity index (χ3n) is 3.63. The molecule has 2 atom stereocenters. The summed E-state index contributed by atoms with van der Waals surface area (Å²) in [6.45, 7) is 6.37. The normalized spacial score (nSPS) is 23.3. The van der Waals surface area contributed by atoms with Crippen LogP contribution >= 0.6 is 0 Å². The molecule has 5 heteroatoms. The molecule has 0 bridgehead atoms. The maximum absolute atomic E-state index is 12.5. The van der Waals surface area contributed by atoms with Crippen molar-refractivity contribution in [3.63, 3.8) is 0 Å². The summed E-state index contributed by atoms with van der Waals surface area (Å²) >= 11 is 0. The smallest absolute Gasteiger partial charge is 0.245 e. The van der Waals surface area contributed by atoms with Gasteiger partial charge in [0.15, 0.2) is 0 Å². The molecule has 1 fully saturated rings. The first-order valence-electron chi connectivity index (χ1n) is 7.12. The van der Waals surface area contributed by atoms with Crippen LogP contribution in [0.1, 0.15) is 33.0 Å². The third kappa shape index (κ3) is 3.21. The lowest BCUT2D eigenvalue weighted by atomic mass is 9.99. The van der Waals surface area contributed by atoms with Crippen molar-refractivity contribution in [3.05, 3.63) is 24.2 Å². The minimum absolute atomic E-state index is 0.0114. The second-order valence-corrected chi connectivity index (χ2v) is 5.73. The van der Waals surface area contributed by atoms with Gasteiger partial charge in [0, 0.05) is 13.0 Å². The van der Waals surface area contributed by atoms with Crippen LogP contribution in [0.4, 0.5) is 0 Å². The fourth-order valence-electron chi connectivity index (χ4n) is 2.51. The van der Waals surface area contributed by atoms with E-state index in [1.165, 1.54) is 0 Å². The summed E-state index contributed by atoms with van der Waals surface area (Å²) < 4.78 is 5.27. The molecule has 0 spiro atoms. The molecule has 0 saturated carbocycles. The molecule has 20 heavy (non-hydrogen) atoms. The van der Waals surface area contributed by atoms with E-state index in [4.69, 9.17) is 4.42 Å². The predicted molar refractivity (Wildman–Crippen MR) is 75.0 cm³/mol. The third-order valence-corrected chi connectivity index (χ3v) is 3.63. The molecule has 2 unspecified atom stereocenters. The number of furan rings is 1. The molecule has 2 rings (SSSR count). The quantitative estimate of drug-likeness (QED) is 0.889. The van der Waals surface area contributed by atoms with Crippen LogP contribution in [-0.4, -0.2) is 35.3 Å². The zero-order valence-corrected chi connectivity index (χ0v) is 12.3. The summed E-state index contributed by atoms with van der Waals surface area (Å²) in [6, 6.07) is 2.90. The highest BCUT2D eigenvalue weighted by Crippen LogP contribution is 2.16. The monoisotopic (exact) mass is 278 g/mol. The fourth-order valence-corrected chi connectivity index (χ4v) is 2.51. The topological polar surface area (TPSA) is 62.6 Å². The molecular formula is C15H22N2O3. The maximum atomic E-state index is 12.5. The Morgan fingerprint density at radius 1 is 1.40 bits per heavy atom. The summed E-state index contributed by atoms with van der Waals surface area (Å²) in [4.78, 5) is 26.1. The zero-order chi connectivity index (χ0) is 14.7. The van der Waals surface area contributed by atoms with Crippen molar-refractivity contribution >= 4 is 11.8 Å². The van der Waals surface area contributed by atoms with E-state index in [1.54, 1.807) is 18.1 Å². The lowest BCUT2D eigenvalue weighted by Gasteiger charge is -2.37. The molecule has 110 valence electrons. The van der Waals surface area contributed by atoms with Gasteiger partial charge in [0.25, 0.3) is 0 Å². The predicted octanol–water partition coefficient (Wildman–Crippen LogP) is 1.58. The van der Waals surface area contributed by atoms with Crippen molar-refractivity contribution in [2.24, 2.45) is 5.92 Å². The molecule has 5 nitrogen and oxygen atoms in total. The van der Waals surface area contributed by atoms with Crippen LogP contribution in [0.15, 0.2) is 22.8 Å². The Labute approximate surface area is 119 Å². The lowest BCUT2D eigenvalue weighted by Crippen LogP contribution is -2.62. The van der Waals surface area contributed by atoms with E-state index >= 15 is 0 Å². The van der Waals surface area contributed by atoms with Crippen LogP contribution in [0.3, 0.4) is 0 Å². The molecule has 1 saturated heterocycles. The van der Waals surface area contributed by atoms with E-state index in [0.29, 0.717) is 25.3 Å². The molecule has 2 heterocycles. The number of carbonyl (C=O) groups is 2. The van der Waals surface area contributed by atoms with Crippen molar-refractivity contribution in [2.75, 3.05) is 6.54 Å². The molecule has 1 aliphatic heterocycles. The second-order valence-electron chi connectivity index (χ2n) is 5.73. The van der Waals surface area contributed by atoms with E-state index in [-0.39, 0.29) is 11.8 Å². The molecule has 0 aliphatic carbocycles. The number of nitrogens with one attached hydrogen (secondary N) is 1. The first kappa shape index (κ1) is 14.6. The van der Waals surface area contributed by atoms with Gasteiger partial charge < -0.3 is 14.6 Å². The number of hydrogen-bond donors (Lipinski definition) is 1. The van der Waals surface area contributed by atoms with Gasteiger partial charge >= 0.3 is 0 Å². The Hall–Kier alpha value is -1.78. The summed E-state index contributed by atoms with van der Waals surface area (Å²) in [5.41, 5.74) is 0. The van der Waals surface area contributed by atoms with Gasteiger partial charge in [-0.05, 0) is 31.4 Å². The summed E-state index contributed by atoms with van der Waals surface area (Å²) in [5, 5.41) is 2.82. The van der Waals surface area contributed by atoms with E-state index in [0.717, 1.165) is 5.76 Å². The van der Waals surface area contributed by atoms with E-state index in [9.17, 15) is 9.59 Å². The summed E-state index contributed by atoms with van der Waals surface area (Å²) in [7, 11) is 0. The molecule has 1 aromatic rings. The maximum Gasteiger partial charge on any atom is 0.245 e. The van der Waals surface area contributed by atoms with Crippen LogP contribution in [-0.2, 0) is 16.0 Å². The number of hydrogen-bond acceptors (Lipinski definition) is 3. The highest BCUT2D eigenvalue weighted by molar-refractivity contribution is 5.96. The van der Waals surface area contributed by atoms with Gasteiger partial charge in [0.1, 0.15) is 17.8 Å². The zero-order valence-electron chi connectivity index (χ0n) is 12.3. The highest BCUT2D eigenvalue weighted by atomic mass is 16.3. The summed E-state index contributed by atoms with van der Waals surface area (Å²) in [5.74, 6) is 1.13. The molecule has 1 N–H and O–H groups in total. The molecule has 2 amide bonds. The molecular weight excluding hydrogens is 256 g/mol. The number of piperazine rings is 1. The van der Waals surface area contributed by atoms with E-state index in [2.05, 4.69) is 5.32 Å². The van der Waals surface area contributed by atoms with Crippen molar-refractivity contribution in [3.8, 4) is 0 Å². The molecule has 1 aromatic heterocycles. The van der Waals surface area contributed by atoms with Gasteiger partial charge in [-0.15, -0.1) is 0 Å². The largest absolute Gasteiger partial charge is 0.469 e. The van der Waals surface area contributed by atoms with Gasteiger partial charge in [-0.3, -0.25) is 9.59 Å². The van der Waals surface area contributed by atoms with Crippen LogP contribution in [0, 0.1) is 5.92 Å². The number of nitrogens with zero attached hydrogens (tertiary/aromatic N) is 1. The number of amides is 2. The van der Waals surface area contributed by atoms with Crippen LogP contribution < -0.4 is 5.32 Å². The van der Waals surface area contributed by atoms with Crippen molar-refractivity contribution in [2.45, 2.75) is 45.7 Å². The summed E-state index contributed by atoms with van der Waals surface area (Å²) in [6.07, 6.45) is 2.92. The van der Waals surface area contributed by atoms with E-state index in [1.807, 2.05) is 26.0 Å².